The third kappa shape index (κ3) is 2.70. The van der Waals surface area contributed by atoms with Gasteiger partial charge in [-0.3, -0.25) is 4.79 Å². The molecule has 0 radical (unpaired) electrons. The molecular weight excluding hydrogens is 274 g/mol. The highest BCUT2D eigenvalue weighted by atomic mass is 35.5. The number of halogens is 1. The van der Waals surface area contributed by atoms with E-state index >= 15 is 0 Å². The number of rotatable bonds is 3. The van der Waals surface area contributed by atoms with E-state index in [4.69, 9.17) is 11.6 Å². The number of hydrogen-bond donors (Lipinski definition) is 0. The molecule has 0 fully saturated rings. The van der Waals surface area contributed by atoms with E-state index in [9.17, 15) is 4.79 Å². The predicted octanol–water partition coefficient (Wildman–Crippen LogP) is 3.37. The van der Waals surface area contributed by atoms with Crippen LogP contribution in [0.25, 0.3) is 17.0 Å². The number of pyridine rings is 1. The van der Waals surface area contributed by atoms with Crippen molar-refractivity contribution in [2.45, 2.75) is 19.9 Å². The van der Waals surface area contributed by atoms with Crippen molar-refractivity contribution < 1.29 is 4.79 Å². The van der Waals surface area contributed by atoms with Crippen LogP contribution >= 0.6 is 11.6 Å². The summed E-state index contributed by atoms with van der Waals surface area (Å²) in [6.45, 7) is 4.17. The monoisotopic (exact) mass is 291 g/mol. The third-order valence-electron chi connectivity index (χ3n) is 3.13. The minimum absolute atomic E-state index is 0.0457. The molecular formula is C15H18ClN3O. The fraction of sp³-hybridized carbons (Fsp3) is 0.333. The van der Waals surface area contributed by atoms with Gasteiger partial charge in [-0.15, -0.1) is 0 Å². The molecule has 0 saturated carbocycles. The minimum atomic E-state index is -0.0457. The molecule has 0 unspecified atom stereocenters. The Morgan fingerprint density at radius 1 is 1.45 bits per heavy atom. The summed E-state index contributed by atoms with van der Waals surface area (Å²) in [7, 11) is 3.45. The second kappa shape index (κ2) is 5.67. The fourth-order valence-electron chi connectivity index (χ4n) is 2.04. The number of nitrogens with zero attached hydrogens (tertiary/aromatic N) is 3. The zero-order valence-corrected chi connectivity index (χ0v) is 12.8. The van der Waals surface area contributed by atoms with Crippen LogP contribution in [0.5, 0.6) is 0 Å². The van der Waals surface area contributed by atoms with Crippen LogP contribution in [-0.2, 0) is 4.79 Å². The average Bonchev–Trinajstić information content (AvgIpc) is 2.76. The Labute approximate surface area is 123 Å². The van der Waals surface area contributed by atoms with Crippen molar-refractivity contribution in [2.24, 2.45) is 0 Å². The summed E-state index contributed by atoms with van der Waals surface area (Å²) in [6.07, 6.45) is 7.07. The van der Waals surface area contributed by atoms with Crippen LogP contribution in [0.3, 0.4) is 0 Å². The van der Waals surface area contributed by atoms with Gasteiger partial charge in [0.15, 0.2) is 5.15 Å². The maximum absolute atomic E-state index is 11.7. The van der Waals surface area contributed by atoms with E-state index in [0.717, 1.165) is 16.5 Å². The van der Waals surface area contributed by atoms with Crippen LogP contribution in [0, 0.1) is 0 Å². The molecule has 0 bridgehead atoms. The van der Waals surface area contributed by atoms with Gasteiger partial charge in [-0.25, -0.2) is 4.98 Å². The maximum Gasteiger partial charge on any atom is 0.246 e. The lowest BCUT2D eigenvalue weighted by molar-refractivity contribution is -0.123. The molecule has 106 valence electrons. The van der Waals surface area contributed by atoms with Gasteiger partial charge >= 0.3 is 0 Å². The Kier molecular flexibility index (Phi) is 4.14. The molecule has 1 amide bonds. The molecule has 2 aromatic heterocycles. The summed E-state index contributed by atoms with van der Waals surface area (Å²) in [6, 6.07) is 2.19. The first kappa shape index (κ1) is 14.6. The highest BCUT2D eigenvalue weighted by molar-refractivity contribution is 6.34. The number of fused-ring (bicyclic) bond motifs is 1. The fourth-order valence-corrected chi connectivity index (χ4v) is 2.30. The Morgan fingerprint density at radius 3 is 2.75 bits per heavy atom. The van der Waals surface area contributed by atoms with Crippen molar-refractivity contribution in [1.29, 1.82) is 0 Å². The van der Waals surface area contributed by atoms with Gasteiger partial charge in [0.25, 0.3) is 0 Å². The van der Waals surface area contributed by atoms with Crippen molar-refractivity contribution in [1.82, 2.24) is 14.5 Å². The quantitative estimate of drug-likeness (QED) is 0.642. The van der Waals surface area contributed by atoms with E-state index in [2.05, 4.69) is 23.4 Å². The van der Waals surface area contributed by atoms with Crippen LogP contribution < -0.4 is 0 Å². The summed E-state index contributed by atoms with van der Waals surface area (Å²) in [5.41, 5.74) is 1.87. The summed E-state index contributed by atoms with van der Waals surface area (Å²) in [4.78, 5) is 17.3. The molecule has 20 heavy (non-hydrogen) atoms. The number of hydrogen-bond acceptors (Lipinski definition) is 2. The predicted molar refractivity (Wildman–Crippen MR) is 82.9 cm³/mol. The van der Waals surface area contributed by atoms with Gasteiger partial charge in [-0.2, -0.15) is 0 Å². The second-order valence-electron chi connectivity index (χ2n) is 5.15. The van der Waals surface area contributed by atoms with E-state index in [0.29, 0.717) is 5.15 Å². The highest BCUT2D eigenvalue weighted by Gasteiger charge is 2.12. The highest BCUT2D eigenvalue weighted by Crippen LogP contribution is 2.29. The number of carbonyl (C=O) groups excluding carboxylic acids is 1. The van der Waals surface area contributed by atoms with E-state index in [-0.39, 0.29) is 11.9 Å². The molecule has 5 heteroatoms. The first-order valence-electron chi connectivity index (χ1n) is 6.46. The van der Waals surface area contributed by atoms with Crippen molar-refractivity contribution in [2.75, 3.05) is 14.1 Å². The number of likely N-dealkylation sites (N-methyl/N-ethyl adjacent to an activating group) is 1. The maximum atomic E-state index is 11.7. The van der Waals surface area contributed by atoms with E-state index < -0.39 is 0 Å². The molecule has 2 heterocycles. The Hall–Kier alpha value is -1.81. The van der Waals surface area contributed by atoms with Crippen LogP contribution in [0.1, 0.15) is 25.5 Å². The van der Waals surface area contributed by atoms with Crippen LogP contribution in [-0.4, -0.2) is 34.5 Å². The molecule has 0 saturated heterocycles. The summed E-state index contributed by atoms with van der Waals surface area (Å²) < 4.78 is 2.07. The van der Waals surface area contributed by atoms with E-state index in [1.807, 2.05) is 18.3 Å². The molecule has 2 rings (SSSR count). The van der Waals surface area contributed by atoms with Crippen LogP contribution in [0.15, 0.2) is 24.5 Å². The van der Waals surface area contributed by atoms with Gasteiger partial charge in [0.1, 0.15) is 0 Å². The summed E-state index contributed by atoms with van der Waals surface area (Å²) in [5, 5.41) is 1.48. The van der Waals surface area contributed by atoms with Crippen molar-refractivity contribution in [3.63, 3.8) is 0 Å². The topological polar surface area (TPSA) is 38.1 Å². The number of aromatic nitrogens is 2. The molecule has 0 aliphatic rings. The molecule has 0 atom stereocenters. The molecule has 0 spiro atoms. The lowest BCUT2D eigenvalue weighted by Crippen LogP contribution is -2.18. The first-order chi connectivity index (χ1) is 9.41. The molecule has 2 aromatic rings. The van der Waals surface area contributed by atoms with Gasteiger partial charge in [0, 0.05) is 49.6 Å². The Morgan fingerprint density at radius 2 is 2.15 bits per heavy atom. The van der Waals surface area contributed by atoms with Crippen LogP contribution in [0.2, 0.25) is 5.15 Å². The Balaban J connectivity index is 2.55. The number of carbonyl (C=O) groups is 1. The van der Waals surface area contributed by atoms with Crippen LogP contribution in [0.4, 0.5) is 0 Å². The minimum Gasteiger partial charge on any atom is -0.345 e. The summed E-state index contributed by atoms with van der Waals surface area (Å²) in [5.74, 6) is -0.0457. The zero-order valence-electron chi connectivity index (χ0n) is 12.1. The lowest BCUT2D eigenvalue weighted by atomic mass is 10.2. The number of amides is 1. The second-order valence-corrected chi connectivity index (χ2v) is 5.51. The largest absolute Gasteiger partial charge is 0.345 e. The van der Waals surface area contributed by atoms with E-state index in [1.54, 1.807) is 26.4 Å². The van der Waals surface area contributed by atoms with E-state index in [1.165, 1.54) is 4.90 Å². The summed E-state index contributed by atoms with van der Waals surface area (Å²) >= 11 is 6.20. The van der Waals surface area contributed by atoms with Crippen molar-refractivity contribution >= 4 is 34.5 Å². The lowest BCUT2D eigenvalue weighted by Gasteiger charge is -2.09. The average molecular weight is 292 g/mol. The van der Waals surface area contributed by atoms with Gasteiger partial charge in [0.05, 0.1) is 5.52 Å². The normalized spacial score (nSPS) is 11.7. The standard InChI is InChI=1S/C15H18ClN3O/c1-10(2)19-9-11(5-6-13(20)18(3)4)12-7-8-17-15(16)14(12)19/h5-10H,1-4H3. The van der Waals surface area contributed by atoms with Gasteiger partial charge in [-0.1, -0.05) is 11.6 Å². The van der Waals surface area contributed by atoms with Crippen molar-refractivity contribution in [3.05, 3.63) is 35.3 Å². The third-order valence-corrected chi connectivity index (χ3v) is 3.41. The molecule has 4 nitrogen and oxygen atoms in total. The van der Waals surface area contributed by atoms with Gasteiger partial charge in [0.2, 0.25) is 5.91 Å². The SMILES string of the molecule is CC(C)n1cc(C=CC(=O)N(C)C)c2ccnc(Cl)c21. The van der Waals surface area contributed by atoms with Crippen molar-refractivity contribution in [3.8, 4) is 0 Å². The first-order valence-corrected chi connectivity index (χ1v) is 6.84. The van der Waals surface area contributed by atoms with Gasteiger partial charge < -0.3 is 9.47 Å². The zero-order chi connectivity index (χ0) is 14.9. The molecule has 0 aliphatic heterocycles. The molecule has 0 aliphatic carbocycles. The smallest absolute Gasteiger partial charge is 0.246 e. The Bertz CT molecular complexity index is 671. The van der Waals surface area contributed by atoms with Gasteiger partial charge in [-0.05, 0) is 26.0 Å². The molecule has 0 aromatic carbocycles. The molecule has 0 N–H and O–H groups in total.